The van der Waals surface area contributed by atoms with E-state index in [1.165, 1.54) is 0 Å². The summed E-state index contributed by atoms with van der Waals surface area (Å²) in [5.74, 6) is 1.90. The van der Waals surface area contributed by atoms with Gasteiger partial charge in [0.2, 0.25) is 5.89 Å². The predicted octanol–water partition coefficient (Wildman–Crippen LogP) is 2.03. The van der Waals surface area contributed by atoms with Crippen LogP contribution in [-0.2, 0) is 0 Å². The minimum absolute atomic E-state index is 0.147. The largest absolute Gasteiger partial charge is 0.361 e. The van der Waals surface area contributed by atoms with Gasteiger partial charge in [-0.05, 0) is 25.0 Å². The fraction of sp³-hybridized carbons (Fsp3) is 0.562. The topological polar surface area (TPSA) is 88.3 Å². The van der Waals surface area contributed by atoms with E-state index < -0.39 is 0 Å². The Morgan fingerprint density at radius 1 is 1.33 bits per heavy atom. The molecule has 1 saturated heterocycles. The molecule has 24 heavy (non-hydrogen) atoms. The van der Waals surface area contributed by atoms with Gasteiger partial charge in [-0.3, -0.25) is 4.79 Å². The second-order valence-electron chi connectivity index (χ2n) is 6.47. The number of hydrogen-bond donors (Lipinski definition) is 0. The van der Waals surface area contributed by atoms with Gasteiger partial charge in [0.05, 0.1) is 6.04 Å². The molecule has 0 saturated carbocycles. The highest BCUT2D eigenvalue weighted by Crippen LogP contribution is 2.31. The first-order valence-corrected chi connectivity index (χ1v) is 8.13. The van der Waals surface area contributed by atoms with Crippen LogP contribution < -0.4 is 4.90 Å². The summed E-state index contributed by atoms with van der Waals surface area (Å²) >= 11 is 0. The van der Waals surface area contributed by atoms with Crippen molar-refractivity contribution in [2.75, 3.05) is 25.5 Å². The summed E-state index contributed by atoms with van der Waals surface area (Å²) in [7, 11) is 3.76. The van der Waals surface area contributed by atoms with Crippen LogP contribution in [0.3, 0.4) is 0 Å². The average Bonchev–Trinajstić information content (AvgIpc) is 3.23. The Morgan fingerprint density at radius 2 is 2.12 bits per heavy atom. The lowest BCUT2D eigenvalue weighted by Crippen LogP contribution is -2.32. The first-order valence-electron chi connectivity index (χ1n) is 8.13. The maximum Gasteiger partial charge on any atom is 0.274 e. The van der Waals surface area contributed by atoms with Gasteiger partial charge in [-0.1, -0.05) is 19.0 Å². The van der Waals surface area contributed by atoms with Crippen LogP contribution in [0.5, 0.6) is 0 Å². The van der Waals surface area contributed by atoms with E-state index in [-0.39, 0.29) is 17.9 Å². The summed E-state index contributed by atoms with van der Waals surface area (Å²) in [6.07, 6.45) is 1.73. The SMILES string of the molecule is CC(C)c1nc([C@H]2CCCN2C(=O)c2ccc(N(C)C)nn2)no1. The van der Waals surface area contributed by atoms with Gasteiger partial charge in [0.25, 0.3) is 5.91 Å². The minimum atomic E-state index is -0.163. The van der Waals surface area contributed by atoms with Crippen molar-refractivity contribution in [1.82, 2.24) is 25.2 Å². The Labute approximate surface area is 140 Å². The minimum Gasteiger partial charge on any atom is -0.361 e. The van der Waals surface area contributed by atoms with Crippen LogP contribution in [0.2, 0.25) is 0 Å². The molecule has 1 fully saturated rings. The summed E-state index contributed by atoms with van der Waals surface area (Å²) < 4.78 is 5.28. The first-order chi connectivity index (χ1) is 11.5. The number of carbonyl (C=O) groups excluding carboxylic acids is 1. The predicted molar refractivity (Wildman–Crippen MR) is 87.8 cm³/mol. The molecule has 0 N–H and O–H groups in total. The van der Waals surface area contributed by atoms with Crippen LogP contribution in [0.15, 0.2) is 16.7 Å². The molecule has 0 bridgehead atoms. The normalized spacial score (nSPS) is 17.5. The van der Waals surface area contributed by atoms with E-state index in [1.807, 2.05) is 32.8 Å². The second kappa shape index (κ2) is 6.54. The molecule has 2 aromatic rings. The highest BCUT2D eigenvalue weighted by molar-refractivity contribution is 5.92. The number of anilines is 1. The number of likely N-dealkylation sites (tertiary alicyclic amines) is 1. The second-order valence-corrected chi connectivity index (χ2v) is 6.47. The van der Waals surface area contributed by atoms with Gasteiger partial charge in [-0.15, -0.1) is 10.2 Å². The third-order valence-corrected chi connectivity index (χ3v) is 4.09. The summed E-state index contributed by atoms with van der Waals surface area (Å²) in [6.45, 7) is 4.65. The molecule has 1 amide bonds. The van der Waals surface area contributed by atoms with Gasteiger partial charge in [-0.25, -0.2) is 0 Å². The van der Waals surface area contributed by atoms with Gasteiger partial charge in [-0.2, -0.15) is 4.98 Å². The van der Waals surface area contributed by atoms with E-state index in [4.69, 9.17) is 4.52 Å². The lowest BCUT2D eigenvalue weighted by atomic mass is 10.2. The van der Waals surface area contributed by atoms with Gasteiger partial charge in [0.1, 0.15) is 0 Å². The van der Waals surface area contributed by atoms with E-state index in [0.717, 1.165) is 12.8 Å². The molecule has 3 rings (SSSR count). The zero-order valence-corrected chi connectivity index (χ0v) is 14.4. The molecule has 1 aliphatic rings. The molecule has 1 atom stereocenters. The Hall–Kier alpha value is -2.51. The molecular formula is C16H22N6O2. The molecule has 8 heteroatoms. The van der Waals surface area contributed by atoms with Crippen LogP contribution in [0.25, 0.3) is 0 Å². The highest BCUT2D eigenvalue weighted by Gasteiger charge is 2.34. The zero-order valence-electron chi connectivity index (χ0n) is 14.4. The number of carbonyl (C=O) groups is 1. The van der Waals surface area contributed by atoms with Crippen molar-refractivity contribution in [2.24, 2.45) is 0 Å². The molecule has 3 heterocycles. The van der Waals surface area contributed by atoms with E-state index in [0.29, 0.717) is 29.8 Å². The van der Waals surface area contributed by atoms with Crippen LogP contribution in [0, 0.1) is 0 Å². The third kappa shape index (κ3) is 3.08. The van der Waals surface area contributed by atoms with E-state index in [9.17, 15) is 4.79 Å². The van der Waals surface area contributed by atoms with Crippen molar-refractivity contribution >= 4 is 11.7 Å². The molecule has 0 radical (unpaired) electrons. The van der Waals surface area contributed by atoms with Crippen LogP contribution in [0.4, 0.5) is 5.82 Å². The molecule has 2 aromatic heterocycles. The van der Waals surface area contributed by atoms with Crippen LogP contribution in [-0.4, -0.2) is 51.8 Å². The molecule has 1 aliphatic heterocycles. The molecular weight excluding hydrogens is 308 g/mol. The lowest BCUT2D eigenvalue weighted by molar-refractivity contribution is 0.0721. The van der Waals surface area contributed by atoms with Crippen molar-refractivity contribution in [3.63, 3.8) is 0 Å². The van der Waals surface area contributed by atoms with Crippen molar-refractivity contribution in [1.29, 1.82) is 0 Å². The molecule has 0 unspecified atom stereocenters. The van der Waals surface area contributed by atoms with Crippen molar-refractivity contribution in [3.05, 3.63) is 29.5 Å². The van der Waals surface area contributed by atoms with Gasteiger partial charge in [0, 0.05) is 26.6 Å². The fourth-order valence-corrected chi connectivity index (χ4v) is 2.72. The Balaban J connectivity index is 1.80. The molecule has 0 aliphatic carbocycles. The van der Waals surface area contributed by atoms with Gasteiger partial charge >= 0.3 is 0 Å². The lowest BCUT2D eigenvalue weighted by Gasteiger charge is -2.21. The van der Waals surface area contributed by atoms with Gasteiger partial charge < -0.3 is 14.3 Å². The summed E-state index contributed by atoms with van der Waals surface area (Å²) in [5.41, 5.74) is 0.333. The number of nitrogens with zero attached hydrogens (tertiary/aromatic N) is 6. The maximum absolute atomic E-state index is 12.8. The number of aromatic nitrogens is 4. The standard InChI is InChI=1S/C16H22N6O2/c1-10(2)15-17-14(20-24-15)12-6-5-9-22(12)16(23)11-7-8-13(19-18-11)21(3)4/h7-8,10,12H,5-6,9H2,1-4H3/t12-/m1/s1. The summed E-state index contributed by atoms with van der Waals surface area (Å²) in [4.78, 5) is 20.8. The number of hydrogen-bond acceptors (Lipinski definition) is 7. The monoisotopic (exact) mass is 330 g/mol. The van der Waals surface area contributed by atoms with Crippen LogP contribution in [0.1, 0.15) is 60.9 Å². The smallest absolute Gasteiger partial charge is 0.274 e. The Kier molecular flexibility index (Phi) is 4.46. The van der Waals surface area contributed by atoms with Gasteiger partial charge in [0.15, 0.2) is 17.3 Å². The van der Waals surface area contributed by atoms with E-state index >= 15 is 0 Å². The number of rotatable bonds is 4. The first kappa shape index (κ1) is 16.4. The summed E-state index contributed by atoms with van der Waals surface area (Å²) in [5, 5.41) is 12.2. The van der Waals surface area contributed by atoms with Crippen molar-refractivity contribution in [2.45, 2.75) is 38.6 Å². The molecule has 0 spiro atoms. The zero-order chi connectivity index (χ0) is 17.3. The van der Waals surface area contributed by atoms with Crippen molar-refractivity contribution < 1.29 is 9.32 Å². The van der Waals surface area contributed by atoms with E-state index in [2.05, 4.69) is 20.3 Å². The maximum atomic E-state index is 12.8. The third-order valence-electron chi connectivity index (χ3n) is 4.09. The number of amides is 1. The quantitative estimate of drug-likeness (QED) is 0.847. The van der Waals surface area contributed by atoms with E-state index in [1.54, 1.807) is 17.0 Å². The van der Waals surface area contributed by atoms with Crippen molar-refractivity contribution in [3.8, 4) is 0 Å². The highest BCUT2D eigenvalue weighted by atomic mass is 16.5. The average molecular weight is 330 g/mol. The molecule has 128 valence electrons. The molecule has 8 nitrogen and oxygen atoms in total. The summed E-state index contributed by atoms with van der Waals surface area (Å²) in [6, 6.07) is 3.33. The molecule has 0 aromatic carbocycles. The Morgan fingerprint density at radius 3 is 2.71 bits per heavy atom. The van der Waals surface area contributed by atoms with Crippen LogP contribution >= 0.6 is 0 Å². The Bertz CT molecular complexity index is 710. The fourth-order valence-electron chi connectivity index (χ4n) is 2.72.